The van der Waals surface area contributed by atoms with Crippen molar-refractivity contribution >= 4 is 0 Å². The number of rotatable bonds is 7. The number of nitrogens with zero attached hydrogens (tertiary/aromatic N) is 3. The van der Waals surface area contributed by atoms with Crippen LogP contribution >= 0.6 is 0 Å². The van der Waals surface area contributed by atoms with E-state index in [1.54, 1.807) is 25.1 Å². The molecule has 0 fully saturated rings. The Morgan fingerprint density at radius 2 is 1.86 bits per heavy atom. The van der Waals surface area contributed by atoms with Gasteiger partial charge in [0.15, 0.2) is 11.5 Å². The molecule has 0 radical (unpaired) electrons. The van der Waals surface area contributed by atoms with Crippen LogP contribution in [0.3, 0.4) is 0 Å². The fourth-order valence-electron chi connectivity index (χ4n) is 1.99. The first kappa shape index (κ1) is 15.1. The van der Waals surface area contributed by atoms with Crippen LogP contribution in [0.5, 0.6) is 17.2 Å². The van der Waals surface area contributed by atoms with Gasteiger partial charge in [-0.15, -0.1) is 5.10 Å². The van der Waals surface area contributed by atoms with E-state index in [1.807, 2.05) is 26.2 Å². The molecule has 0 spiro atoms. The van der Waals surface area contributed by atoms with Gasteiger partial charge < -0.3 is 19.5 Å². The van der Waals surface area contributed by atoms with E-state index in [9.17, 15) is 0 Å². The Labute approximate surface area is 123 Å². The van der Waals surface area contributed by atoms with Crippen molar-refractivity contribution in [2.75, 3.05) is 21.3 Å². The van der Waals surface area contributed by atoms with Gasteiger partial charge in [0.25, 0.3) is 0 Å². The van der Waals surface area contributed by atoms with E-state index < -0.39 is 0 Å². The second-order valence-corrected chi connectivity index (χ2v) is 4.53. The summed E-state index contributed by atoms with van der Waals surface area (Å²) in [5, 5.41) is 10.9. The molecule has 1 aromatic heterocycles. The normalized spacial score (nSPS) is 10.5. The molecule has 0 atom stereocenters. The summed E-state index contributed by atoms with van der Waals surface area (Å²) in [4.78, 5) is 0. The molecular formula is C14H20N4O3. The lowest BCUT2D eigenvalue weighted by atomic mass is 10.2. The van der Waals surface area contributed by atoms with Gasteiger partial charge in [-0.25, -0.2) is 0 Å². The fourth-order valence-corrected chi connectivity index (χ4v) is 1.99. The zero-order valence-corrected chi connectivity index (χ0v) is 12.7. The summed E-state index contributed by atoms with van der Waals surface area (Å²) >= 11 is 0. The standard InChI is InChI=1S/C14H20N4O3/c1-15-7-10-5-12(19-3)14(13(6-10)20-4)21-9-11-8-18(2)17-16-11/h5-6,8,15H,7,9H2,1-4H3. The number of nitrogens with one attached hydrogen (secondary N) is 1. The Balaban J connectivity index is 2.23. The molecule has 7 nitrogen and oxygen atoms in total. The van der Waals surface area contributed by atoms with Crippen LogP contribution in [0.25, 0.3) is 0 Å². The van der Waals surface area contributed by atoms with E-state index in [-0.39, 0.29) is 0 Å². The minimum absolute atomic E-state index is 0.298. The van der Waals surface area contributed by atoms with Crippen LogP contribution in [0.15, 0.2) is 18.3 Å². The van der Waals surface area contributed by atoms with Crippen molar-refractivity contribution in [2.24, 2.45) is 7.05 Å². The molecule has 0 saturated heterocycles. The highest BCUT2D eigenvalue weighted by Gasteiger charge is 2.15. The molecule has 0 aliphatic heterocycles. The van der Waals surface area contributed by atoms with Gasteiger partial charge in [-0.2, -0.15) is 0 Å². The van der Waals surface area contributed by atoms with Crippen LogP contribution < -0.4 is 19.5 Å². The van der Waals surface area contributed by atoms with Crippen molar-refractivity contribution in [3.05, 3.63) is 29.6 Å². The molecule has 0 aliphatic carbocycles. The quantitative estimate of drug-likeness (QED) is 0.825. The molecule has 21 heavy (non-hydrogen) atoms. The third-order valence-electron chi connectivity index (χ3n) is 2.92. The second kappa shape index (κ2) is 6.94. The van der Waals surface area contributed by atoms with Crippen LogP contribution in [-0.4, -0.2) is 36.3 Å². The maximum absolute atomic E-state index is 5.80. The Kier molecular flexibility index (Phi) is 4.99. The lowest BCUT2D eigenvalue weighted by molar-refractivity contribution is 0.262. The minimum Gasteiger partial charge on any atom is -0.493 e. The maximum atomic E-state index is 5.80. The van der Waals surface area contributed by atoms with Gasteiger partial charge in [0, 0.05) is 13.6 Å². The lowest BCUT2D eigenvalue weighted by Crippen LogP contribution is -2.07. The van der Waals surface area contributed by atoms with E-state index in [0.717, 1.165) is 17.8 Å². The second-order valence-electron chi connectivity index (χ2n) is 4.53. The zero-order valence-electron chi connectivity index (χ0n) is 12.7. The summed E-state index contributed by atoms with van der Waals surface area (Å²) < 4.78 is 18.2. The Morgan fingerprint density at radius 3 is 2.33 bits per heavy atom. The Bertz CT molecular complexity index is 573. The largest absolute Gasteiger partial charge is 0.493 e. The van der Waals surface area contributed by atoms with Crippen molar-refractivity contribution < 1.29 is 14.2 Å². The summed E-state index contributed by atoms with van der Waals surface area (Å²) in [6.45, 7) is 1.02. The Hall–Kier alpha value is -2.28. The summed E-state index contributed by atoms with van der Waals surface area (Å²) in [5.41, 5.74) is 1.79. The molecule has 0 amide bonds. The van der Waals surface area contributed by atoms with Crippen molar-refractivity contribution in [1.29, 1.82) is 0 Å². The number of benzene rings is 1. The molecule has 114 valence electrons. The van der Waals surface area contributed by atoms with Gasteiger partial charge in [-0.05, 0) is 24.7 Å². The van der Waals surface area contributed by atoms with Crippen molar-refractivity contribution in [1.82, 2.24) is 20.3 Å². The molecule has 0 aliphatic rings. The van der Waals surface area contributed by atoms with E-state index in [1.165, 1.54) is 0 Å². The van der Waals surface area contributed by atoms with Gasteiger partial charge in [0.2, 0.25) is 5.75 Å². The molecule has 1 aromatic carbocycles. The topological polar surface area (TPSA) is 70.4 Å². The smallest absolute Gasteiger partial charge is 0.203 e. The van der Waals surface area contributed by atoms with Crippen molar-refractivity contribution in [2.45, 2.75) is 13.2 Å². The summed E-state index contributed by atoms with van der Waals surface area (Å²) in [5.74, 6) is 1.82. The van der Waals surface area contributed by atoms with Crippen molar-refractivity contribution in [3.8, 4) is 17.2 Å². The highest BCUT2D eigenvalue weighted by molar-refractivity contribution is 5.53. The third kappa shape index (κ3) is 3.63. The predicted molar refractivity (Wildman–Crippen MR) is 77.6 cm³/mol. The number of aromatic nitrogens is 3. The highest BCUT2D eigenvalue weighted by atomic mass is 16.5. The molecule has 0 unspecified atom stereocenters. The predicted octanol–water partition coefficient (Wildman–Crippen LogP) is 1.13. The number of hydrogen-bond acceptors (Lipinski definition) is 6. The molecular weight excluding hydrogens is 272 g/mol. The highest BCUT2D eigenvalue weighted by Crippen LogP contribution is 2.38. The van der Waals surface area contributed by atoms with Crippen LogP contribution in [0, 0.1) is 0 Å². The summed E-state index contributed by atoms with van der Waals surface area (Å²) in [6, 6.07) is 3.84. The summed E-state index contributed by atoms with van der Waals surface area (Å²) in [7, 11) is 6.90. The first-order valence-corrected chi connectivity index (χ1v) is 6.55. The maximum Gasteiger partial charge on any atom is 0.203 e. The van der Waals surface area contributed by atoms with Gasteiger partial charge in [-0.3, -0.25) is 4.68 Å². The van der Waals surface area contributed by atoms with Crippen LogP contribution in [0.4, 0.5) is 0 Å². The SMILES string of the molecule is CNCc1cc(OC)c(OCc2cn(C)nn2)c(OC)c1. The molecule has 1 N–H and O–H groups in total. The van der Waals surface area contributed by atoms with E-state index in [4.69, 9.17) is 14.2 Å². The van der Waals surface area contributed by atoms with Gasteiger partial charge in [-0.1, -0.05) is 5.21 Å². The van der Waals surface area contributed by atoms with E-state index in [2.05, 4.69) is 15.6 Å². The minimum atomic E-state index is 0.298. The number of methoxy groups -OCH3 is 2. The van der Waals surface area contributed by atoms with Crippen LogP contribution in [0.1, 0.15) is 11.3 Å². The summed E-state index contributed by atoms with van der Waals surface area (Å²) in [6.07, 6.45) is 1.80. The average molecular weight is 292 g/mol. The van der Waals surface area contributed by atoms with Gasteiger partial charge in [0.1, 0.15) is 12.3 Å². The van der Waals surface area contributed by atoms with Crippen LogP contribution in [0.2, 0.25) is 0 Å². The number of hydrogen-bond donors (Lipinski definition) is 1. The molecule has 7 heteroatoms. The molecule has 0 saturated carbocycles. The first-order valence-electron chi connectivity index (χ1n) is 6.55. The van der Waals surface area contributed by atoms with Gasteiger partial charge in [0.05, 0.1) is 20.4 Å². The monoisotopic (exact) mass is 292 g/mol. The fraction of sp³-hybridized carbons (Fsp3) is 0.429. The molecule has 1 heterocycles. The van der Waals surface area contributed by atoms with Gasteiger partial charge >= 0.3 is 0 Å². The number of aryl methyl sites for hydroxylation is 1. The molecule has 2 aromatic rings. The Morgan fingerprint density at radius 1 is 1.19 bits per heavy atom. The van der Waals surface area contributed by atoms with Crippen LogP contribution in [-0.2, 0) is 20.2 Å². The zero-order chi connectivity index (χ0) is 15.2. The van der Waals surface area contributed by atoms with Crippen molar-refractivity contribution in [3.63, 3.8) is 0 Å². The van der Waals surface area contributed by atoms with E-state index >= 15 is 0 Å². The first-order chi connectivity index (χ1) is 10.2. The average Bonchev–Trinajstić information content (AvgIpc) is 2.90. The lowest BCUT2D eigenvalue weighted by Gasteiger charge is -2.15. The number of ether oxygens (including phenoxy) is 3. The molecule has 2 rings (SSSR count). The van der Waals surface area contributed by atoms with E-state index in [0.29, 0.717) is 23.9 Å². The molecule has 0 bridgehead atoms. The third-order valence-corrected chi connectivity index (χ3v) is 2.92.